The normalized spacial score (nSPS) is 18.1. The summed E-state index contributed by atoms with van der Waals surface area (Å²) in [5.41, 5.74) is 0.542. The van der Waals surface area contributed by atoms with Gasteiger partial charge in [-0.05, 0) is 37.1 Å². The van der Waals surface area contributed by atoms with Crippen molar-refractivity contribution in [2.45, 2.75) is 28.8 Å². The van der Waals surface area contributed by atoms with Gasteiger partial charge in [-0.25, -0.2) is 13.4 Å². The van der Waals surface area contributed by atoms with Crippen LogP contribution in [-0.4, -0.2) is 65.9 Å². The summed E-state index contributed by atoms with van der Waals surface area (Å²) in [5.74, 6) is 1.35. The van der Waals surface area contributed by atoms with Crippen LogP contribution in [0.2, 0.25) is 0 Å². The molecule has 0 radical (unpaired) electrons. The third kappa shape index (κ3) is 4.54. The number of sulfonamides is 1. The second kappa shape index (κ2) is 8.19. The number of benzene rings is 1. The molecule has 2 N–H and O–H groups in total. The Kier molecular flexibility index (Phi) is 5.67. The van der Waals surface area contributed by atoms with E-state index in [1.54, 1.807) is 12.1 Å². The highest BCUT2D eigenvalue weighted by molar-refractivity contribution is 7.99. The molecular formula is C17H21N5O4S2. The molecule has 1 amide bonds. The maximum absolute atomic E-state index is 12.6. The van der Waals surface area contributed by atoms with Gasteiger partial charge in [0.1, 0.15) is 5.82 Å². The largest absolute Gasteiger partial charge is 0.379 e. The lowest BCUT2D eigenvalue weighted by molar-refractivity contribution is -0.113. The first-order valence-electron chi connectivity index (χ1n) is 9.05. The van der Waals surface area contributed by atoms with Crippen LogP contribution in [0, 0.1) is 0 Å². The SMILES string of the molecule is O=C(CSc1n[nH]c(C2CC2)n1)Nc1ccc(S(=O)(=O)N2CCOCC2)cc1. The molecule has 2 fully saturated rings. The highest BCUT2D eigenvalue weighted by Crippen LogP contribution is 2.38. The molecule has 0 bridgehead atoms. The van der Waals surface area contributed by atoms with Crippen LogP contribution in [0.25, 0.3) is 0 Å². The second-order valence-electron chi connectivity index (χ2n) is 6.66. The van der Waals surface area contributed by atoms with Crippen LogP contribution in [0.15, 0.2) is 34.3 Å². The monoisotopic (exact) mass is 423 g/mol. The van der Waals surface area contributed by atoms with E-state index in [0.717, 1.165) is 18.7 Å². The molecule has 1 aliphatic carbocycles. The van der Waals surface area contributed by atoms with Gasteiger partial charge in [-0.15, -0.1) is 5.10 Å². The van der Waals surface area contributed by atoms with E-state index in [-0.39, 0.29) is 16.6 Å². The molecule has 150 valence electrons. The van der Waals surface area contributed by atoms with Gasteiger partial charge in [0.15, 0.2) is 0 Å². The number of aromatic nitrogens is 3. The summed E-state index contributed by atoms with van der Waals surface area (Å²) in [5, 5.41) is 10.3. The van der Waals surface area contributed by atoms with Crippen molar-refractivity contribution in [1.29, 1.82) is 0 Å². The summed E-state index contributed by atoms with van der Waals surface area (Å²) in [6, 6.07) is 6.19. The van der Waals surface area contributed by atoms with E-state index in [9.17, 15) is 13.2 Å². The van der Waals surface area contributed by atoms with Gasteiger partial charge >= 0.3 is 0 Å². The van der Waals surface area contributed by atoms with Crippen molar-refractivity contribution in [3.05, 3.63) is 30.1 Å². The molecule has 1 saturated heterocycles. The number of hydrogen-bond acceptors (Lipinski definition) is 7. The van der Waals surface area contributed by atoms with Crippen LogP contribution in [-0.2, 0) is 19.6 Å². The lowest BCUT2D eigenvalue weighted by atomic mass is 10.3. The minimum absolute atomic E-state index is 0.176. The molecule has 0 atom stereocenters. The minimum atomic E-state index is -3.54. The Balaban J connectivity index is 1.31. The average Bonchev–Trinajstić information content (AvgIpc) is 3.45. The first kappa shape index (κ1) is 19.4. The number of thioether (sulfide) groups is 1. The third-order valence-electron chi connectivity index (χ3n) is 4.52. The molecule has 4 rings (SSSR count). The summed E-state index contributed by atoms with van der Waals surface area (Å²) in [6.07, 6.45) is 2.27. The molecule has 1 aliphatic heterocycles. The number of morpholine rings is 1. The fourth-order valence-electron chi connectivity index (χ4n) is 2.84. The number of hydrogen-bond donors (Lipinski definition) is 2. The van der Waals surface area contributed by atoms with E-state index in [1.165, 1.54) is 28.2 Å². The first-order valence-corrected chi connectivity index (χ1v) is 11.5. The molecule has 0 unspecified atom stereocenters. The van der Waals surface area contributed by atoms with Crippen LogP contribution >= 0.6 is 11.8 Å². The molecule has 0 spiro atoms. The number of carbonyl (C=O) groups is 1. The van der Waals surface area contributed by atoms with E-state index in [4.69, 9.17) is 4.74 Å². The number of H-pyrrole nitrogens is 1. The molecule has 28 heavy (non-hydrogen) atoms. The number of rotatable bonds is 7. The van der Waals surface area contributed by atoms with Crippen molar-refractivity contribution in [2.24, 2.45) is 0 Å². The third-order valence-corrected chi connectivity index (χ3v) is 7.28. The Morgan fingerprint density at radius 1 is 1.25 bits per heavy atom. The smallest absolute Gasteiger partial charge is 0.243 e. The predicted octanol–water partition coefficient (Wildman–Crippen LogP) is 1.43. The zero-order valence-electron chi connectivity index (χ0n) is 15.1. The predicted molar refractivity (Wildman–Crippen MR) is 104 cm³/mol. The average molecular weight is 424 g/mol. The molecule has 1 saturated carbocycles. The highest BCUT2D eigenvalue weighted by Gasteiger charge is 2.27. The summed E-state index contributed by atoms with van der Waals surface area (Å²) in [6.45, 7) is 1.50. The Labute approximate surface area is 167 Å². The quantitative estimate of drug-likeness (QED) is 0.647. The molecule has 1 aromatic carbocycles. The number of nitrogens with one attached hydrogen (secondary N) is 2. The lowest BCUT2D eigenvalue weighted by Crippen LogP contribution is -2.40. The zero-order valence-corrected chi connectivity index (χ0v) is 16.8. The molecule has 9 nitrogen and oxygen atoms in total. The van der Waals surface area contributed by atoms with E-state index >= 15 is 0 Å². The molecule has 2 heterocycles. The number of nitrogens with zero attached hydrogens (tertiary/aromatic N) is 3. The molecular weight excluding hydrogens is 402 g/mol. The molecule has 2 aromatic rings. The fraction of sp³-hybridized carbons (Fsp3) is 0.471. The molecule has 2 aliphatic rings. The maximum Gasteiger partial charge on any atom is 0.243 e. The summed E-state index contributed by atoms with van der Waals surface area (Å²) in [4.78, 5) is 16.7. The second-order valence-corrected chi connectivity index (χ2v) is 9.54. The van der Waals surface area contributed by atoms with Crippen LogP contribution in [0.3, 0.4) is 0 Å². The van der Waals surface area contributed by atoms with Crippen molar-refractivity contribution in [1.82, 2.24) is 19.5 Å². The van der Waals surface area contributed by atoms with E-state index < -0.39 is 10.0 Å². The molecule has 11 heteroatoms. The van der Waals surface area contributed by atoms with Gasteiger partial charge in [-0.3, -0.25) is 9.89 Å². The van der Waals surface area contributed by atoms with Gasteiger partial charge in [-0.2, -0.15) is 4.31 Å². The topological polar surface area (TPSA) is 117 Å². The van der Waals surface area contributed by atoms with Crippen molar-refractivity contribution in [3.8, 4) is 0 Å². The van der Waals surface area contributed by atoms with Gasteiger partial charge in [0, 0.05) is 24.7 Å². The number of amides is 1. The van der Waals surface area contributed by atoms with Gasteiger partial charge in [0.2, 0.25) is 21.1 Å². The van der Waals surface area contributed by atoms with E-state index in [2.05, 4.69) is 20.5 Å². The summed E-state index contributed by atoms with van der Waals surface area (Å²) >= 11 is 1.26. The van der Waals surface area contributed by atoms with E-state index in [1.807, 2.05) is 0 Å². The maximum atomic E-state index is 12.6. The van der Waals surface area contributed by atoms with Crippen molar-refractivity contribution < 1.29 is 17.9 Å². The van der Waals surface area contributed by atoms with Crippen LogP contribution < -0.4 is 5.32 Å². The first-order chi connectivity index (χ1) is 13.5. The fourth-order valence-corrected chi connectivity index (χ4v) is 4.85. The number of ether oxygens (including phenoxy) is 1. The Morgan fingerprint density at radius 3 is 2.64 bits per heavy atom. The highest BCUT2D eigenvalue weighted by atomic mass is 32.2. The summed E-state index contributed by atoms with van der Waals surface area (Å²) in [7, 11) is -3.54. The number of anilines is 1. The van der Waals surface area contributed by atoms with Crippen LogP contribution in [0.1, 0.15) is 24.6 Å². The standard InChI is InChI=1S/C17H21N5O4S2/c23-15(11-27-17-19-16(20-21-17)12-1-2-12)18-13-3-5-14(6-4-13)28(24,25)22-7-9-26-10-8-22/h3-6,12H,1-2,7-11H2,(H,18,23)(H,19,20,21). The van der Waals surface area contributed by atoms with Crippen molar-refractivity contribution in [2.75, 3.05) is 37.4 Å². The van der Waals surface area contributed by atoms with Gasteiger partial charge in [-0.1, -0.05) is 11.8 Å². The Morgan fingerprint density at radius 2 is 1.96 bits per heavy atom. The van der Waals surface area contributed by atoms with Gasteiger partial charge in [0.05, 0.1) is 23.9 Å². The van der Waals surface area contributed by atoms with E-state index in [0.29, 0.717) is 43.1 Å². The van der Waals surface area contributed by atoms with Gasteiger partial charge < -0.3 is 10.1 Å². The number of aromatic amines is 1. The number of carbonyl (C=O) groups excluding carboxylic acids is 1. The van der Waals surface area contributed by atoms with Crippen molar-refractivity contribution >= 4 is 33.4 Å². The van der Waals surface area contributed by atoms with Crippen molar-refractivity contribution in [3.63, 3.8) is 0 Å². The van der Waals surface area contributed by atoms with Crippen LogP contribution in [0.4, 0.5) is 5.69 Å². The summed E-state index contributed by atoms with van der Waals surface area (Å²) < 4.78 is 31.8. The van der Waals surface area contributed by atoms with Gasteiger partial charge in [0.25, 0.3) is 0 Å². The molecule has 1 aromatic heterocycles. The minimum Gasteiger partial charge on any atom is -0.379 e. The zero-order chi connectivity index (χ0) is 19.6. The Bertz CT molecular complexity index is 935. The lowest BCUT2D eigenvalue weighted by Gasteiger charge is -2.26. The Hall–Kier alpha value is -1.95. The van der Waals surface area contributed by atoms with Crippen LogP contribution in [0.5, 0.6) is 0 Å².